The van der Waals surface area contributed by atoms with Crippen molar-refractivity contribution < 1.29 is 19.1 Å². The number of anilines is 4. The number of hydrogen-bond donors (Lipinski definition) is 6. The molecule has 72 heavy (non-hydrogen) atoms. The Morgan fingerprint density at radius 3 is 0.903 bits per heavy atom. The molecule has 16 nitrogen and oxygen atoms in total. The molecule has 0 saturated heterocycles. The van der Waals surface area contributed by atoms with E-state index in [2.05, 4.69) is 225 Å². The van der Waals surface area contributed by atoms with Gasteiger partial charge in [0.1, 0.15) is 11.5 Å². The second-order valence-corrected chi connectivity index (χ2v) is 25.0. The van der Waals surface area contributed by atoms with Crippen molar-refractivity contribution in [3.63, 3.8) is 0 Å². The number of nitrogens with zero attached hydrogens (tertiary/aromatic N) is 6. The van der Waals surface area contributed by atoms with Gasteiger partial charge in [0.05, 0.1) is 0 Å². The molecule has 0 aliphatic heterocycles. The molecule has 4 aromatic rings. The van der Waals surface area contributed by atoms with Crippen molar-refractivity contribution in [3.8, 4) is 11.5 Å². The number of thioether (sulfide) groups is 2. The number of rotatable bonds is 10. The van der Waals surface area contributed by atoms with Crippen molar-refractivity contribution in [2.75, 3.05) is 61.0 Å². The molecule has 404 valence electrons. The fraction of sp³-hybridized carbons (Fsp3) is 0.630. The number of aromatic nitrogens is 6. The lowest BCUT2D eigenvalue weighted by atomic mass is 9.78. The summed E-state index contributed by atoms with van der Waals surface area (Å²) in [6.45, 7) is 47.8. The highest BCUT2D eigenvalue weighted by molar-refractivity contribution is 7.98. The maximum absolute atomic E-state index is 11.7. The van der Waals surface area contributed by atoms with E-state index in [-0.39, 0.29) is 32.7 Å². The molecule has 0 bridgehead atoms. The van der Waals surface area contributed by atoms with Crippen LogP contribution in [0.15, 0.2) is 34.6 Å². The van der Waals surface area contributed by atoms with Gasteiger partial charge in [-0.3, -0.25) is 0 Å². The van der Waals surface area contributed by atoms with Crippen LogP contribution in [0.2, 0.25) is 0 Å². The lowest BCUT2D eigenvalue weighted by Crippen LogP contribution is -2.27. The number of benzene rings is 2. The Hall–Kier alpha value is -5.10. The summed E-state index contributed by atoms with van der Waals surface area (Å²) in [5, 5.41) is 19.2. The predicted octanol–water partition coefficient (Wildman–Crippen LogP) is 13.1. The molecule has 0 spiro atoms. The third-order valence-electron chi connectivity index (χ3n) is 9.73. The van der Waals surface area contributed by atoms with Crippen LogP contribution in [0.5, 0.6) is 11.5 Å². The molecule has 0 atom stereocenters. The Labute approximate surface area is 442 Å². The van der Waals surface area contributed by atoms with Gasteiger partial charge in [0.2, 0.25) is 23.8 Å². The summed E-state index contributed by atoms with van der Waals surface area (Å²) < 4.78 is 11.2. The molecule has 2 aromatic carbocycles. The summed E-state index contributed by atoms with van der Waals surface area (Å²) in [5.41, 5.74) is 6.15. The smallest absolute Gasteiger partial charge is 0.410 e. The lowest BCUT2D eigenvalue weighted by Gasteiger charge is -2.29. The molecule has 0 aliphatic carbocycles. The molecule has 0 unspecified atom stereocenters. The summed E-state index contributed by atoms with van der Waals surface area (Å²) in [7, 11) is 3.15. The molecule has 4 rings (SSSR count). The van der Waals surface area contributed by atoms with Gasteiger partial charge in [-0.1, -0.05) is 142 Å². The van der Waals surface area contributed by atoms with E-state index in [0.717, 1.165) is 45.7 Å². The van der Waals surface area contributed by atoms with Crippen LogP contribution >= 0.6 is 23.5 Å². The third kappa shape index (κ3) is 23.2. The Balaban J connectivity index is 0.000000483. The van der Waals surface area contributed by atoms with E-state index in [9.17, 15) is 9.59 Å². The Morgan fingerprint density at radius 1 is 0.458 bits per heavy atom. The van der Waals surface area contributed by atoms with Crippen LogP contribution in [0.3, 0.4) is 0 Å². The summed E-state index contributed by atoms with van der Waals surface area (Å²) in [6, 6.07) is 8.42. The van der Waals surface area contributed by atoms with Crippen LogP contribution in [-0.2, 0) is 21.7 Å². The molecule has 0 saturated carbocycles. The second-order valence-electron chi connectivity index (χ2n) is 23.4. The zero-order valence-corrected chi connectivity index (χ0v) is 50.5. The zero-order chi connectivity index (χ0) is 55.8. The van der Waals surface area contributed by atoms with Gasteiger partial charge in [0, 0.05) is 60.5 Å². The van der Waals surface area contributed by atoms with Crippen LogP contribution in [-0.4, -0.2) is 92.9 Å². The monoisotopic (exact) mass is 1040 g/mol. The SMILES string of the molecule is CCNc1nc(NC(C)(C)C)nc(SC)n1.CCNc1nc(NC(C)(C)C)nc(SC)n1.CNC(=O)Oc1c(C(C)(C)C)cc(C)cc1C(C)(C)C.CNC(=O)Oc1c(C(C)(C)C)cc(C)cc1C(C)(C)C. The van der Waals surface area contributed by atoms with Crippen molar-refractivity contribution in [1.29, 1.82) is 0 Å². The van der Waals surface area contributed by atoms with Crippen LogP contribution < -0.4 is 41.4 Å². The molecule has 2 aromatic heterocycles. The number of nitrogens with one attached hydrogen (secondary N) is 6. The molecule has 2 heterocycles. The second kappa shape index (κ2) is 27.3. The zero-order valence-electron chi connectivity index (χ0n) is 48.9. The van der Waals surface area contributed by atoms with Crippen LogP contribution in [0, 0.1) is 13.8 Å². The van der Waals surface area contributed by atoms with Gasteiger partial charge < -0.3 is 41.4 Å². The average molecular weight is 1040 g/mol. The minimum Gasteiger partial charge on any atom is -0.410 e. The maximum Gasteiger partial charge on any atom is 0.412 e. The largest absolute Gasteiger partial charge is 0.412 e. The summed E-state index contributed by atoms with van der Waals surface area (Å²) >= 11 is 3.01. The molecule has 6 N–H and O–H groups in total. The van der Waals surface area contributed by atoms with E-state index in [1.54, 1.807) is 14.1 Å². The van der Waals surface area contributed by atoms with Crippen LogP contribution in [0.4, 0.5) is 33.4 Å². The topological polar surface area (TPSA) is 202 Å². The van der Waals surface area contributed by atoms with E-state index in [1.807, 2.05) is 26.4 Å². The highest BCUT2D eigenvalue weighted by Crippen LogP contribution is 2.42. The van der Waals surface area contributed by atoms with E-state index in [4.69, 9.17) is 9.47 Å². The number of carbonyl (C=O) groups is 2. The number of ether oxygens (including phenoxy) is 2. The minimum absolute atomic E-state index is 0.0550. The van der Waals surface area contributed by atoms with Gasteiger partial charge in [-0.05, 0) is 103 Å². The number of amides is 2. The van der Waals surface area contributed by atoms with Gasteiger partial charge >= 0.3 is 12.2 Å². The lowest BCUT2D eigenvalue weighted by molar-refractivity contribution is 0.199. The molecular weight excluding hydrogens is 945 g/mol. The first-order valence-electron chi connectivity index (χ1n) is 24.6. The molecular formula is C54H92N12O4S2. The molecule has 0 aliphatic rings. The molecule has 2 amide bonds. The molecule has 0 radical (unpaired) electrons. The Bertz CT molecular complexity index is 2140. The average Bonchev–Trinajstić information content (AvgIpc) is 3.22. The Kier molecular flexibility index (Phi) is 24.6. The first kappa shape index (κ1) is 64.9. The van der Waals surface area contributed by atoms with E-state index >= 15 is 0 Å². The van der Waals surface area contributed by atoms with Crippen molar-refractivity contribution in [2.24, 2.45) is 0 Å². The summed E-state index contributed by atoms with van der Waals surface area (Å²) in [5.74, 6) is 3.85. The normalized spacial score (nSPS) is 11.8. The van der Waals surface area contributed by atoms with Crippen molar-refractivity contribution in [3.05, 3.63) is 57.6 Å². The van der Waals surface area contributed by atoms with Gasteiger partial charge in [0.15, 0.2) is 10.3 Å². The highest BCUT2D eigenvalue weighted by atomic mass is 32.2. The number of carbonyl (C=O) groups excluding carboxylic acids is 2. The fourth-order valence-electron chi connectivity index (χ4n) is 6.43. The third-order valence-corrected chi connectivity index (χ3v) is 10.8. The molecule has 0 fully saturated rings. The fourth-order valence-corrected chi connectivity index (χ4v) is 7.15. The standard InChI is InChI=1S/2C17H27NO2.2C10H19N5S/c2*1-11-9-12(16(2,3)4)14(20-15(19)18-8)13(10-11)17(5,6)7;2*1-6-11-7-12-8(15-10(2,3)4)14-9(13-7)16-5/h2*9-10H,1-8H3,(H,18,19);2*6H2,1-5H3,(H2,11,12,13,14,15). The number of aryl methyl sites for hydroxylation is 2. The highest BCUT2D eigenvalue weighted by Gasteiger charge is 2.30. The van der Waals surface area contributed by atoms with E-state index in [1.165, 1.54) is 34.7 Å². The van der Waals surface area contributed by atoms with E-state index in [0.29, 0.717) is 35.3 Å². The predicted molar refractivity (Wildman–Crippen MR) is 306 cm³/mol. The van der Waals surface area contributed by atoms with E-state index < -0.39 is 12.2 Å². The van der Waals surface area contributed by atoms with Gasteiger partial charge in [-0.25, -0.2) is 9.59 Å². The number of hydrogen-bond acceptors (Lipinski definition) is 16. The minimum atomic E-state index is -0.426. The summed E-state index contributed by atoms with van der Waals surface area (Å²) in [4.78, 5) is 49.1. The van der Waals surface area contributed by atoms with Crippen LogP contribution in [0.25, 0.3) is 0 Å². The first-order chi connectivity index (χ1) is 32.8. The Morgan fingerprint density at radius 2 is 0.708 bits per heavy atom. The van der Waals surface area contributed by atoms with Crippen molar-refractivity contribution in [1.82, 2.24) is 40.5 Å². The summed E-state index contributed by atoms with van der Waals surface area (Å²) in [6.07, 6.45) is 3.05. The van der Waals surface area contributed by atoms with Gasteiger partial charge in [-0.15, -0.1) is 0 Å². The first-order valence-corrected chi connectivity index (χ1v) is 27.0. The van der Waals surface area contributed by atoms with Gasteiger partial charge in [-0.2, -0.15) is 29.9 Å². The van der Waals surface area contributed by atoms with Crippen molar-refractivity contribution in [2.45, 2.75) is 195 Å². The van der Waals surface area contributed by atoms with Crippen molar-refractivity contribution >= 4 is 59.5 Å². The van der Waals surface area contributed by atoms with Gasteiger partial charge in [0.25, 0.3) is 0 Å². The van der Waals surface area contributed by atoms with Crippen LogP contribution in [0.1, 0.15) is 172 Å². The quantitative estimate of drug-likeness (QED) is 0.0818. The molecule has 18 heteroatoms. The maximum atomic E-state index is 11.7.